The number of hydrogen-bond donors (Lipinski definition) is 1. The molecule has 2 fully saturated rings. The molecule has 1 aromatic carbocycles. The van der Waals surface area contributed by atoms with Crippen LogP contribution in [0.15, 0.2) is 24.3 Å². The second kappa shape index (κ2) is 9.58. The van der Waals surface area contributed by atoms with Crippen molar-refractivity contribution in [2.75, 3.05) is 45.1 Å². The average molecular weight is 348 g/mol. The van der Waals surface area contributed by atoms with Crippen LogP contribution < -0.4 is 5.73 Å². The Kier molecular flexibility index (Phi) is 8.50. The van der Waals surface area contributed by atoms with Crippen molar-refractivity contribution in [3.05, 3.63) is 29.8 Å². The molecule has 0 saturated carbocycles. The molecule has 6 heteroatoms. The number of ether oxygens (including phenoxy) is 1. The summed E-state index contributed by atoms with van der Waals surface area (Å²) in [5.74, 6) is 0. The number of benzene rings is 1. The second-order valence-corrected chi connectivity index (χ2v) is 5.90. The Morgan fingerprint density at radius 3 is 2.36 bits per heavy atom. The SMILES string of the molecule is Cl.Cl.Nc1cccc(CN2CCN(C3CCOCC3)CC2)c1. The van der Waals surface area contributed by atoms with Crippen LogP contribution in [0.3, 0.4) is 0 Å². The highest BCUT2D eigenvalue weighted by molar-refractivity contribution is 5.85. The first-order chi connectivity index (χ1) is 9.81. The summed E-state index contributed by atoms with van der Waals surface area (Å²) in [5, 5.41) is 0. The molecule has 2 aliphatic rings. The highest BCUT2D eigenvalue weighted by Gasteiger charge is 2.25. The van der Waals surface area contributed by atoms with E-state index in [9.17, 15) is 0 Å². The molecule has 2 aliphatic heterocycles. The third-order valence-electron chi connectivity index (χ3n) is 4.47. The summed E-state index contributed by atoms with van der Waals surface area (Å²) >= 11 is 0. The molecular formula is C16H27Cl2N3O. The molecule has 22 heavy (non-hydrogen) atoms. The molecule has 2 heterocycles. The summed E-state index contributed by atoms with van der Waals surface area (Å²) in [6.07, 6.45) is 2.41. The van der Waals surface area contributed by atoms with E-state index in [1.165, 1.54) is 31.5 Å². The first-order valence-corrected chi connectivity index (χ1v) is 7.70. The number of nitrogen functional groups attached to an aromatic ring is 1. The fourth-order valence-electron chi connectivity index (χ4n) is 3.29. The molecule has 4 nitrogen and oxygen atoms in total. The van der Waals surface area contributed by atoms with Crippen molar-refractivity contribution in [1.82, 2.24) is 9.80 Å². The number of piperazine rings is 1. The van der Waals surface area contributed by atoms with Gasteiger partial charge in [0, 0.05) is 57.7 Å². The summed E-state index contributed by atoms with van der Waals surface area (Å²) < 4.78 is 5.45. The number of hydrogen-bond acceptors (Lipinski definition) is 4. The van der Waals surface area contributed by atoms with E-state index in [1.54, 1.807) is 0 Å². The van der Waals surface area contributed by atoms with E-state index < -0.39 is 0 Å². The quantitative estimate of drug-likeness (QED) is 0.852. The fraction of sp³-hybridized carbons (Fsp3) is 0.625. The molecule has 0 amide bonds. The third kappa shape index (κ3) is 5.28. The van der Waals surface area contributed by atoms with Crippen molar-refractivity contribution >= 4 is 30.5 Å². The van der Waals surface area contributed by atoms with E-state index in [0.29, 0.717) is 0 Å². The molecule has 0 unspecified atom stereocenters. The van der Waals surface area contributed by atoms with Gasteiger partial charge in [0.25, 0.3) is 0 Å². The Balaban J connectivity index is 0.00000121. The van der Waals surface area contributed by atoms with Gasteiger partial charge in [0.1, 0.15) is 0 Å². The van der Waals surface area contributed by atoms with E-state index in [2.05, 4.69) is 21.9 Å². The lowest BCUT2D eigenvalue weighted by atomic mass is 10.1. The maximum Gasteiger partial charge on any atom is 0.0480 e. The van der Waals surface area contributed by atoms with Gasteiger partial charge >= 0.3 is 0 Å². The van der Waals surface area contributed by atoms with Crippen LogP contribution in [0.1, 0.15) is 18.4 Å². The van der Waals surface area contributed by atoms with Gasteiger partial charge in [-0.25, -0.2) is 0 Å². The highest BCUT2D eigenvalue weighted by Crippen LogP contribution is 2.18. The number of nitrogens with zero attached hydrogens (tertiary/aromatic N) is 2. The predicted octanol–water partition coefficient (Wildman–Crippen LogP) is 2.41. The smallest absolute Gasteiger partial charge is 0.0480 e. The van der Waals surface area contributed by atoms with Gasteiger partial charge in [-0.3, -0.25) is 9.80 Å². The Bertz CT molecular complexity index is 433. The van der Waals surface area contributed by atoms with E-state index in [-0.39, 0.29) is 24.8 Å². The normalized spacial score (nSPS) is 20.9. The van der Waals surface area contributed by atoms with Crippen LogP contribution in [0.5, 0.6) is 0 Å². The molecule has 0 aliphatic carbocycles. The van der Waals surface area contributed by atoms with Crippen LogP contribution in [0, 0.1) is 0 Å². The van der Waals surface area contributed by atoms with Crippen molar-refractivity contribution in [2.24, 2.45) is 0 Å². The average Bonchev–Trinajstić information content (AvgIpc) is 2.49. The van der Waals surface area contributed by atoms with E-state index >= 15 is 0 Å². The summed E-state index contributed by atoms with van der Waals surface area (Å²) in [7, 11) is 0. The Morgan fingerprint density at radius 1 is 1.05 bits per heavy atom. The molecule has 3 rings (SSSR count). The maximum atomic E-state index is 5.84. The third-order valence-corrected chi connectivity index (χ3v) is 4.47. The van der Waals surface area contributed by atoms with Crippen LogP contribution in [0.2, 0.25) is 0 Å². The van der Waals surface area contributed by atoms with Gasteiger partial charge in [0.05, 0.1) is 0 Å². The Hall–Kier alpha value is -0.520. The Morgan fingerprint density at radius 2 is 1.73 bits per heavy atom. The molecule has 1 aromatic rings. The van der Waals surface area contributed by atoms with Gasteiger partial charge in [-0.05, 0) is 30.5 Å². The molecule has 2 saturated heterocycles. The second-order valence-electron chi connectivity index (χ2n) is 5.90. The topological polar surface area (TPSA) is 41.7 Å². The predicted molar refractivity (Wildman–Crippen MR) is 96.0 cm³/mol. The number of anilines is 1. The molecule has 0 aromatic heterocycles. The molecular weight excluding hydrogens is 321 g/mol. The van der Waals surface area contributed by atoms with Crippen LogP contribution >= 0.6 is 24.8 Å². The minimum atomic E-state index is 0. The number of rotatable bonds is 3. The largest absolute Gasteiger partial charge is 0.399 e. The summed E-state index contributed by atoms with van der Waals surface area (Å²) in [5.41, 5.74) is 8.03. The summed E-state index contributed by atoms with van der Waals surface area (Å²) in [6.45, 7) is 7.59. The highest BCUT2D eigenvalue weighted by atomic mass is 35.5. The standard InChI is InChI=1S/C16H25N3O.2ClH/c17-15-3-1-2-14(12-15)13-18-6-8-19(9-7-18)16-4-10-20-11-5-16;;/h1-3,12,16H,4-11,13,17H2;2*1H. The van der Waals surface area contributed by atoms with Gasteiger partial charge in [0.2, 0.25) is 0 Å². The van der Waals surface area contributed by atoms with E-state index in [0.717, 1.165) is 44.6 Å². The van der Waals surface area contributed by atoms with Crippen LogP contribution in [0.4, 0.5) is 5.69 Å². The van der Waals surface area contributed by atoms with Gasteiger partial charge in [0.15, 0.2) is 0 Å². The lowest BCUT2D eigenvalue weighted by Crippen LogP contribution is -2.51. The van der Waals surface area contributed by atoms with Crippen molar-refractivity contribution in [3.8, 4) is 0 Å². The lowest BCUT2D eigenvalue weighted by Gasteiger charge is -2.40. The van der Waals surface area contributed by atoms with E-state index in [1.807, 2.05) is 12.1 Å². The Labute approximate surface area is 145 Å². The van der Waals surface area contributed by atoms with Crippen LogP contribution in [0.25, 0.3) is 0 Å². The lowest BCUT2D eigenvalue weighted by molar-refractivity contribution is 0.0126. The van der Waals surface area contributed by atoms with Crippen molar-refractivity contribution < 1.29 is 4.74 Å². The first-order valence-electron chi connectivity index (χ1n) is 7.70. The molecule has 0 radical (unpaired) electrons. The van der Waals surface area contributed by atoms with Crippen molar-refractivity contribution in [3.63, 3.8) is 0 Å². The first kappa shape index (κ1) is 19.5. The fourth-order valence-corrected chi connectivity index (χ4v) is 3.29. The maximum absolute atomic E-state index is 5.84. The van der Waals surface area contributed by atoms with Crippen LogP contribution in [-0.2, 0) is 11.3 Å². The zero-order chi connectivity index (χ0) is 13.8. The van der Waals surface area contributed by atoms with Crippen molar-refractivity contribution in [1.29, 1.82) is 0 Å². The molecule has 2 N–H and O–H groups in total. The van der Waals surface area contributed by atoms with Gasteiger partial charge in [-0.15, -0.1) is 24.8 Å². The van der Waals surface area contributed by atoms with Gasteiger partial charge < -0.3 is 10.5 Å². The summed E-state index contributed by atoms with van der Waals surface area (Å²) in [6, 6.07) is 9.00. The van der Waals surface area contributed by atoms with Gasteiger partial charge in [-0.1, -0.05) is 12.1 Å². The zero-order valence-corrected chi connectivity index (χ0v) is 14.6. The summed E-state index contributed by atoms with van der Waals surface area (Å²) in [4.78, 5) is 5.18. The molecule has 126 valence electrons. The van der Waals surface area contributed by atoms with E-state index in [4.69, 9.17) is 10.5 Å². The molecule has 0 bridgehead atoms. The number of halogens is 2. The van der Waals surface area contributed by atoms with Crippen LogP contribution in [-0.4, -0.2) is 55.2 Å². The minimum absolute atomic E-state index is 0. The molecule has 0 atom stereocenters. The monoisotopic (exact) mass is 347 g/mol. The van der Waals surface area contributed by atoms with Gasteiger partial charge in [-0.2, -0.15) is 0 Å². The van der Waals surface area contributed by atoms with Crippen molar-refractivity contribution in [2.45, 2.75) is 25.4 Å². The molecule has 0 spiro atoms. The minimum Gasteiger partial charge on any atom is -0.399 e. The zero-order valence-electron chi connectivity index (χ0n) is 12.9. The number of nitrogens with two attached hydrogens (primary N) is 1.